The van der Waals surface area contributed by atoms with Crippen LogP contribution in [-0.4, -0.2) is 33.5 Å². The molecule has 2 rings (SSSR count). The summed E-state index contributed by atoms with van der Waals surface area (Å²) < 4.78 is 0. The number of nitrogens with zero attached hydrogens (tertiary/aromatic N) is 2. The number of aromatic nitrogens is 4. The van der Waals surface area contributed by atoms with Crippen molar-refractivity contribution in [1.82, 2.24) is 20.4 Å². The molecule has 0 amide bonds. The summed E-state index contributed by atoms with van der Waals surface area (Å²) in [4.78, 5) is 0. The van der Waals surface area contributed by atoms with Gasteiger partial charge in [0.25, 0.3) is 0 Å². The van der Waals surface area contributed by atoms with Gasteiger partial charge in [-0.15, -0.1) is 0 Å². The fourth-order valence-corrected chi connectivity index (χ4v) is 1.16. The van der Waals surface area contributed by atoms with Gasteiger partial charge in [0.1, 0.15) is 0 Å². The van der Waals surface area contributed by atoms with E-state index in [1.807, 2.05) is 12.1 Å². The van der Waals surface area contributed by atoms with Crippen LogP contribution < -0.4 is 11.5 Å². The lowest BCUT2D eigenvalue weighted by Crippen LogP contribution is -2.02. The number of aromatic amines is 2. The van der Waals surface area contributed by atoms with Crippen LogP contribution in [0.3, 0.4) is 0 Å². The number of hydrogen-bond donors (Lipinski definition) is 4. The van der Waals surface area contributed by atoms with Crippen LogP contribution in [0.15, 0.2) is 24.5 Å². The molecule has 0 aliphatic rings. The summed E-state index contributed by atoms with van der Waals surface area (Å²) in [5, 5.41) is 13.2. The van der Waals surface area contributed by atoms with Crippen molar-refractivity contribution in [3.05, 3.63) is 35.9 Å². The quantitative estimate of drug-likeness (QED) is 0.575. The molecule has 0 radical (unpaired) electrons. The summed E-state index contributed by atoms with van der Waals surface area (Å²) in [6, 6.07) is 3.85. The Morgan fingerprint density at radius 2 is 1.94 bits per heavy atom. The van der Waals surface area contributed by atoms with Gasteiger partial charge in [0.05, 0.1) is 5.69 Å². The van der Waals surface area contributed by atoms with Gasteiger partial charge in [0.15, 0.2) is 0 Å². The fourth-order valence-electron chi connectivity index (χ4n) is 1.16. The van der Waals surface area contributed by atoms with Crippen molar-refractivity contribution in [2.24, 2.45) is 11.5 Å². The largest absolute Gasteiger partial charge is 0.330 e. The lowest BCUT2D eigenvalue weighted by molar-refractivity contribution is 0.901. The number of nitrogens with one attached hydrogen (secondary N) is 2. The van der Waals surface area contributed by atoms with Gasteiger partial charge in [-0.25, -0.2) is 0 Å². The highest BCUT2D eigenvalue weighted by Crippen LogP contribution is 1.89. The van der Waals surface area contributed by atoms with Gasteiger partial charge >= 0.3 is 0 Å². The van der Waals surface area contributed by atoms with E-state index in [-0.39, 0.29) is 0 Å². The maximum atomic E-state index is 5.27. The predicted octanol–water partition coefficient (Wildman–Crippen LogP) is -0.178. The number of rotatable bonds is 4. The number of H-pyrrole nitrogens is 2. The summed E-state index contributed by atoms with van der Waals surface area (Å²) in [5.41, 5.74) is 12.7. The molecule has 16 heavy (non-hydrogen) atoms. The van der Waals surface area contributed by atoms with Crippen molar-refractivity contribution in [1.29, 1.82) is 0 Å². The van der Waals surface area contributed by atoms with Gasteiger partial charge < -0.3 is 11.5 Å². The van der Waals surface area contributed by atoms with Gasteiger partial charge in [0.2, 0.25) is 0 Å². The van der Waals surface area contributed by atoms with Gasteiger partial charge in [0, 0.05) is 30.9 Å². The minimum Gasteiger partial charge on any atom is -0.330 e. The van der Waals surface area contributed by atoms with E-state index in [4.69, 9.17) is 11.5 Å². The van der Waals surface area contributed by atoms with E-state index in [9.17, 15) is 0 Å². The van der Waals surface area contributed by atoms with E-state index >= 15 is 0 Å². The van der Waals surface area contributed by atoms with Crippen LogP contribution in [0.4, 0.5) is 0 Å². The zero-order chi connectivity index (χ0) is 11.6. The molecule has 0 bridgehead atoms. The lowest BCUT2D eigenvalue weighted by Gasteiger charge is -1.86. The molecule has 0 saturated heterocycles. The Morgan fingerprint density at radius 1 is 1.12 bits per heavy atom. The molecule has 2 heterocycles. The number of hydrogen-bond acceptors (Lipinski definition) is 4. The van der Waals surface area contributed by atoms with Gasteiger partial charge in [-0.3, -0.25) is 10.2 Å². The molecular weight excluding hydrogens is 204 g/mol. The van der Waals surface area contributed by atoms with Gasteiger partial charge in [-0.05, 0) is 25.2 Å². The van der Waals surface area contributed by atoms with E-state index in [0.717, 1.165) is 24.2 Å². The molecule has 0 saturated carbocycles. The van der Waals surface area contributed by atoms with Crippen LogP contribution in [0.1, 0.15) is 11.4 Å². The monoisotopic (exact) mass is 222 g/mol. The maximum absolute atomic E-state index is 5.27. The topological polar surface area (TPSA) is 109 Å². The van der Waals surface area contributed by atoms with Crippen LogP contribution in [0.5, 0.6) is 0 Å². The average Bonchev–Trinajstić information content (AvgIpc) is 2.92. The molecule has 0 atom stereocenters. The number of nitrogens with two attached hydrogens (primary N) is 2. The van der Waals surface area contributed by atoms with Crippen molar-refractivity contribution >= 4 is 0 Å². The summed E-state index contributed by atoms with van der Waals surface area (Å²) >= 11 is 0. The second-order valence-corrected chi connectivity index (χ2v) is 3.22. The second kappa shape index (κ2) is 7.61. The zero-order valence-corrected chi connectivity index (χ0v) is 9.19. The van der Waals surface area contributed by atoms with Crippen molar-refractivity contribution in [2.45, 2.75) is 12.8 Å². The minimum absolute atomic E-state index is 0.671. The van der Waals surface area contributed by atoms with Crippen LogP contribution in [-0.2, 0) is 12.8 Å². The van der Waals surface area contributed by atoms with Gasteiger partial charge in [-0.1, -0.05) is 0 Å². The second-order valence-electron chi connectivity index (χ2n) is 3.22. The fraction of sp³-hybridized carbons (Fsp3) is 0.400. The standard InChI is InChI=1S/2C5H9N3/c2*6-3-1-5-2-4-7-8-5/h2*2,4H,1,3,6H2,(H,7,8). The van der Waals surface area contributed by atoms with E-state index in [0.29, 0.717) is 13.1 Å². The van der Waals surface area contributed by atoms with E-state index in [1.165, 1.54) is 0 Å². The van der Waals surface area contributed by atoms with Gasteiger partial charge in [-0.2, -0.15) is 10.2 Å². The first-order chi connectivity index (χ1) is 7.86. The Hall–Kier alpha value is -1.66. The average molecular weight is 222 g/mol. The highest BCUT2D eigenvalue weighted by molar-refractivity contribution is 4.97. The Morgan fingerprint density at radius 3 is 2.44 bits per heavy atom. The molecule has 6 nitrogen and oxygen atoms in total. The third-order valence-corrected chi connectivity index (χ3v) is 1.93. The molecule has 6 N–H and O–H groups in total. The molecular formula is C10H18N6. The van der Waals surface area contributed by atoms with Crippen molar-refractivity contribution in [3.63, 3.8) is 0 Å². The molecule has 0 aromatic carbocycles. The minimum atomic E-state index is 0.671. The van der Waals surface area contributed by atoms with E-state index < -0.39 is 0 Å². The van der Waals surface area contributed by atoms with Crippen LogP contribution in [0, 0.1) is 0 Å². The first-order valence-corrected chi connectivity index (χ1v) is 5.24. The molecule has 0 fully saturated rings. The third-order valence-electron chi connectivity index (χ3n) is 1.93. The summed E-state index contributed by atoms with van der Waals surface area (Å²) in [6.07, 6.45) is 5.28. The van der Waals surface area contributed by atoms with Crippen molar-refractivity contribution in [3.8, 4) is 0 Å². The molecule has 0 aliphatic heterocycles. The Kier molecular flexibility index (Phi) is 5.90. The molecule has 2 aromatic heterocycles. The smallest absolute Gasteiger partial charge is 0.0634 e. The Labute approximate surface area is 94.4 Å². The van der Waals surface area contributed by atoms with Crippen molar-refractivity contribution in [2.75, 3.05) is 13.1 Å². The van der Waals surface area contributed by atoms with Crippen LogP contribution in [0.25, 0.3) is 0 Å². The Bertz CT molecular complexity index is 303. The molecule has 0 spiro atoms. The van der Waals surface area contributed by atoms with E-state index in [1.54, 1.807) is 12.4 Å². The summed E-state index contributed by atoms with van der Waals surface area (Å²) in [5.74, 6) is 0. The summed E-state index contributed by atoms with van der Waals surface area (Å²) in [7, 11) is 0. The maximum Gasteiger partial charge on any atom is 0.0634 e. The van der Waals surface area contributed by atoms with Crippen LogP contribution in [0.2, 0.25) is 0 Å². The highest BCUT2D eigenvalue weighted by atomic mass is 15.1. The lowest BCUT2D eigenvalue weighted by atomic mass is 10.3. The Balaban J connectivity index is 0.000000160. The van der Waals surface area contributed by atoms with Crippen LogP contribution >= 0.6 is 0 Å². The molecule has 6 heteroatoms. The highest BCUT2D eigenvalue weighted by Gasteiger charge is 1.88. The molecule has 88 valence electrons. The third kappa shape index (κ3) is 4.72. The first-order valence-electron chi connectivity index (χ1n) is 5.24. The molecule has 2 aromatic rings. The zero-order valence-electron chi connectivity index (χ0n) is 9.19. The van der Waals surface area contributed by atoms with Crippen molar-refractivity contribution < 1.29 is 0 Å². The summed E-state index contributed by atoms with van der Waals surface area (Å²) in [6.45, 7) is 1.35. The predicted molar refractivity (Wildman–Crippen MR) is 62.7 cm³/mol. The molecule has 0 aliphatic carbocycles. The molecule has 0 unspecified atom stereocenters. The SMILES string of the molecule is NCCc1cc[nH]n1.NCCc1ccn[nH]1. The normalized spacial score (nSPS) is 9.62. The first kappa shape index (κ1) is 12.4. The van der Waals surface area contributed by atoms with E-state index in [2.05, 4.69) is 20.4 Å².